The molecule has 2 rings (SSSR count). The molecule has 0 atom stereocenters. The molecule has 1 aliphatic heterocycles. The predicted octanol–water partition coefficient (Wildman–Crippen LogP) is 1.24. The normalized spacial score (nSPS) is 16.4. The summed E-state index contributed by atoms with van der Waals surface area (Å²) in [6, 6.07) is 3.86. The topological polar surface area (TPSA) is 23.6 Å². The largest absolute Gasteiger partial charge is 0.368 e. The van der Waals surface area contributed by atoms with E-state index in [0.717, 1.165) is 12.5 Å². The van der Waals surface area contributed by atoms with E-state index < -0.39 is 11.6 Å². The van der Waals surface area contributed by atoms with Crippen LogP contribution in [0.3, 0.4) is 0 Å². The molecule has 1 aromatic carbocycles. The van der Waals surface area contributed by atoms with Crippen LogP contribution in [0.2, 0.25) is 0 Å². The van der Waals surface area contributed by atoms with E-state index in [0.29, 0.717) is 31.9 Å². The lowest BCUT2D eigenvalue weighted by Crippen LogP contribution is -2.45. The first-order valence-electron chi connectivity index (χ1n) is 5.10. The van der Waals surface area contributed by atoms with Crippen LogP contribution >= 0.6 is 0 Å². The first kappa shape index (κ1) is 10.9. The smallest absolute Gasteiger partial charge is 0.209 e. The summed E-state index contributed by atoms with van der Waals surface area (Å²) in [7, 11) is 0. The molecule has 0 N–H and O–H groups in total. The second-order valence-corrected chi connectivity index (χ2v) is 3.73. The minimum Gasteiger partial charge on any atom is -0.368 e. The van der Waals surface area contributed by atoms with Crippen molar-refractivity contribution in [3.63, 3.8) is 0 Å². The summed E-state index contributed by atoms with van der Waals surface area (Å²) in [4.78, 5) is 14.1. The molecule has 1 aliphatic rings. The van der Waals surface area contributed by atoms with E-state index >= 15 is 0 Å². The van der Waals surface area contributed by atoms with Crippen LogP contribution in [0.25, 0.3) is 0 Å². The highest BCUT2D eigenvalue weighted by Gasteiger charge is 2.16. The molecule has 0 aromatic heterocycles. The van der Waals surface area contributed by atoms with Gasteiger partial charge in [0.2, 0.25) is 6.41 Å². The highest BCUT2D eigenvalue weighted by molar-refractivity contribution is 5.51. The van der Waals surface area contributed by atoms with Gasteiger partial charge in [0.25, 0.3) is 0 Å². The summed E-state index contributed by atoms with van der Waals surface area (Å²) in [5.41, 5.74) is 0.657. The van der Waals surface area contributed by atoms with Crippen molar-refractivity contribution in [2.45, 2.75) is 0 Å². The Morgan fingerprint density at radius 3 is 2.31 bits per heavy atom. The van der Waals surface area contributed by atoms with E-state index in [4.69, 9.17) is 0 Å². The molecule has 0 bridgehead atoms. The monoisotopic (exact) mass is 226 g/mol. The van der Waals surface area contributed by atoms with Gasteiger partial charge < -0.3 is 9.80 Å². The minimum absolute atomic E-state index is 0.614. The fourth-order valence-electron chi connectivity index (χ4n) is 1.77. The fourth-order valence-corrected chi connectivity index (χ4v) is 1.77. The number of hydrogen-bond acceptors (Lipinski definition) is 2. The van der Waals surface area contributed by atoms with Crippen molar-refractivity contribution in [1.82, 2.24) is 4.90 Å². The molecule has 0 spiro atoms. The van der Waals surface area contributed by atoms with E-state index in [1.54, 1.807) is 11.0 Å². The Kier molecular flexibility index (Phi) is 3.03. The number of benzene rings is 1. The van der Waals surface area contributed by atoms with Crippen LogP contribution in [-0.4, -0.2) is 37.5 Å². The van der Waals surface area contributed by atoms with Gasteiger partial charge in [-0.15, -0.1) is 0 Å². The number of carbonyl (C=O) groups excluding carboxylic acids is 1. The lowest BCUT2D eigenvalue weighted by Gasteiger charge is -2.34. The van der Waals surface area contributed by atoms with Crippen molar-refractivity contribution in [2.75, 3.05) is 31.1 Å². The molecule has 0 aliphatic carbocycles. The number of halogens is 2. The van der Waals surface area contributed by atoms with Gasteiger partial charge in [0.1, 0.15) is 0 Å². The van der Waals surface area contributed by atoms with Crippen LogP contribution in [0.5, 0.6) is 0 Å². The molecular formula is C11H12F2N2O. The quantitative estimate of drug-likeness (QED) is 0.708. The summed E-state index contributed by atoms with van der Waals surface area (Å²) in [5, 5.41) is 0. The average Bonchev–Trinajstić information content (AvgIpc) is 2.33. The molecule has 0 radical (unpaired) electrons. The number of anilines is 1. The van der Waals surface area contributed by atoms with Gasteiger partial charge in [-0.1, -0.05) is 0 Å². The second-order valence-electron chi connectivity index (χ2n) is 3.73. The van der Waals surface area contributed by atoms with Crippen molar-refractivity contribution in [3.05, 3.63) is 29.8 Å². The Balaban J connectivity index is 2.08. The van der Waals surface area contributed by atoms with Crippen molar-refractivity contribution >= 4 is 12.1 Å². The minimum atomic E-state index is -0.838. The summed E-state index contributed by atoms with van der Waals surface area (Å²) < 4.78 is 25.7. The number of piperazine rings is 1. The maximum Gasteiger partial charge on any atom is 0.209 e. The molecule has 1 fully saturated rings. The summed E-state index contributed by atoms with van der Waals surface area (Å²) in [5.74, 6) is -1.68. The Hall–Kier alpha value is -1.65. The summed E-state index contributed by atoms with van der Waals surface area (Å²) in [6.07, 6.45) is 0.808. The van der Waals surface area contributed by atoms with Crippen molar-refractivity contribution in [3.8, 4) is 0 Å². The zero-order chi connectivity index (χ0) is 11.5. The molecule has 5 heteroatoms. The lowest BCUT2D eigenvalue weighted by molar-refractivity contribution is -0.118. The zero-order valence-corrected chi connectivity index (χ0v) is 8.70. The number of carbonyl (C=O) groups is 1. The molecule has 1 amide bonds. The van der Waals surface area contributed by atoms with Gasteiger partial charge in [0.15, 0.2) is 11.6 Å². The Morgan fingerprint density at radius 1 is 1.06 bits per heavy atom. The third kappa shape index (κ3) is 2.13. The predicted molar refractivity (Wildman–Crippen MR) is 56.2 cm³/mol. The highest BCUT2D eigenvalue weighted by atomic mass is 19.2. The fraction of sp³-hybridized carbons (Fsp3) is 0.364. The van der Waals surface area contributed by atoms with E-state index in [1.165, 1.54) is 6.07 Å². The number of hydrogen-bond donors (Lipinski definition) is 0. The lowest BCUT2D eigenvalue weighted by atomic mass is 10.2. The van der Waals surface area contributed by atoms with Crippen molar-refractivity contribution in [2.24, 2.45) is 0 Å². The van der Waals surface area contributed by atoms with Gasteiger partial charge in [-0.05, 0) is 12.1 Å². The first-order valence-corrected chi connectivity index (χ1v) is 5.10. The van der Waals surface area contributed by atoms with Crippen LogP contribution < -0.4 is 4.90 Å². The second kappa shape index (κ2) is 4.47. The molecule has 1 heterocycles. The molecule has 3 nitrogen and oxygen atoms in total. The van der Waals surface area contributed by atoms with E-state index in [9.17, 15) is 13.6 Å². The summed E-state index contributed by atoms with van der Waals surface area (Å²) in [6.45, 7) is 2.51. The third-order valence-electron chi connectivity index (χ3n) is 2.73. The number of rotatable bonds is 2. The molecule has 1 saturated heterocycles. The van der Waals surface area contributed by atoms with Crippen LogP contribution in [0.15, 0.2) is 18.2 Å². The number of amides is 1. The molecule has 16 heavy (non-hydrogen) atoms. The van der Waals surface area contributed by atoms with E-state index in [-0.39, 0.29) is 0 Å². The van der Waals surface area contributed by atoms with Gasteiger partial charge in [0.05, 0.1) is 0 Å². The maximum atomic E-state index is 13.0. The molecule has 86 valence electrons. The van der Waals surface area contributed by atoms with Crippen molar-refractivity contribution < 1.29 is 13.6 Å². The van der Waals surface area contributed by atoms with E-state index in [2.05, 4.69) is 0 Å². The number of nitrogens with zero attached hydrogens (tertiary/aromatic N) is 2. The molecular weight excluding hydrogens is 214 g/mol. The van der Waals surface area contributed by atoms with Gasteiger partial charge in [-0.2, -0.15) is 0 Å². The van der Waals surface area contributed by atoms with Crippen LogP contribution in [0.4, 0.5) is 14.5 Å². The van der Waals surface area contributed by atoms with Crippen molar-refractivity contribution in [1.29, 1.82) is 0 Å². The Labute approximate surface area is 92.3 Å². The first-order chi connectivity index (χ1) is 7.70. The van der Waals surface area contributed by atoms with Gasteiger partial charge in [-0.3, -0.25) is 4.79 Å². The molecule has 0 saturated carbocycles. The van der Waals surface area contributed by atoms with E-state index in [1.807, 2.05) is 4.90 Å². The maximum absolute atomic E-state index is 13.0. The summed E-state index contributed by atoms with van der Waals surface area (Å²) >= 11 is 0. The van der Waals surface area contributed by atoms with Crippen LogP contribution in [-0.2, 0) is 4.79 Å². The average molecular weight is 226 g/mol. The highest BCUT2D eigenvalue weighted by Crippen LogP contribution is 2.19. The third-order valence-corrected chi connectivity index (χ3v) is 2.73. The Morgan fingerprint density at radius 2 is 1.75 bits per heavy atom. The van der Waals surface area contributed by atoms with Gasteiger partial charge >= 0.3 is 0 Å². The van der Waals surface area contributed by atoms with Gasteiger partial charge in [0, 0.05) is 37.9 Å². The Bertz CT molecular complexity index is 390. The van der Waals surface area contributed by atoms with Crippen LogP contribution in [0, 0.1) is 11.6 Å². The van der Waals surface area contributed by atoms with Crippen LogP contribution in [0.1, 0.15) is 0 Å². The standard InChI is InChI=1S/C11H12F2N2O/c12-10-2-1-9(7-11(10)13)15-5-3-14(8-16)4-6-15/h1-2,7-8H,3-6H2. The molecule has 0 unspecified atom stereocenters. The zero-order valence-electron chi connectivity index (χ0n) is 8.70. The molecule has 1 aromatic rings. The van der Waals surface area contributed by atoms with Gasteiger partial charge in [-0.25, -0.2) is 8.78 Å². The SMILES string of the molecule is O=CN1CCN(c2ccc(F)c(F)c2)CC1.